The maximum atomic E-state index is 5.88. The van der Waals surface area contributed by atoms with E-state index < -0.39 is 0 Å². The number of thiophene rings is 1. The second-order valence-electron chi connectivity index (χ2n) is 2.52. The smallest absolute Gasteiger partial charge is 0.0679 e. The molecule has 0 saturated carbocycles. The van der Waals surface area contributed by atoms with E-state index in [1.54, 1.807) is 11.3 Å². The Balaban J connectivity index is 2.86. The van der Waals surface area contributed by atoms with Crippen molar-refractivity contribution in [2.45, 2.75) is 6.92 Å². The monoisotopic (exact) mass is 181 g/mol. The van der Waals surface area contributed by atoms with Gasteiger partial charge in [0, 0.05) is 10.1 Å². The van der Waals surface area contributed by atoms with Crippen LogP contribution in [-0.2, 0) is 0 Å². The Bertz CT molecular complexity index is 389. The topological polar surface area (TPSA) is 0 Å². The van der Waals surface area contributed by atoms with Crippen LogP contribution in [0.15, 0.2) is 18.2 Å². The van der Waals surface area contributed by atoms with E-state index in [0.717, 1.165) is 10.4 Å². The normalized spacial score (nSPS) is 10.7. The second-order valence-corrected chi connectivity index (χ2v) is 3.74. The molecule has 1 aromatic carbocycles. The predicted octanol–water partition coefficient (Wildman–Crippen LogP) is 3.66. The summed E-state index contributed by atoms with van der Waals surface area (Å²) in [6.45, 7) is 2.08. The first-order valence-electron chi connectivity index (χ1n) is 3.34. The molecule has 1 radical (unpaired) electrons. The summed E-state index contributed by atoms with van der Waals surface area (Å²) in [7, 11) is 0. The molecule has 1 aromatic heterocycles. The number of halogens is 1. The Morgan fingerprint density at radius 1 is 1.45 bits per heavy atom. The fourth-order valence-corrected chi connectivity index (χ4v) is 2.22. The van der Waals surface area contributed by atoms with E-state index in [9.17, 15) is 0 Å². The van der Waals surface area contributed by atoms with Gasteiger partial charge in [0.1, 0.15) is 0 Å². The predicted molar refractivity (Wildman–Crippen MR) is 50.4 cm³/mol. The van der Waals surface area contributed by atoms with Crippen molar-refractivity contribution in [2.75, 3.05) is 0 Å². The van der Waals surface area contributed by atoms with Crippen molar-refractivity contribution in [3.8, 4) is 0 Å². The lowest BCUT2D eigenvalue weighted by Gasteiger charge is -1.91. The van der Waals surface area contributed by atoms with Crippen molar-refractivity contribution in [1.82, 2.24) is 0 Å². The molecule has 2 heteroatoms. The minimum Gasteiger partial charge on any atom is -0.133 e. The third kappa shape index (κ3) is 1.15. The van der Waals surface area contributed by atoms with Crippen molar-refractivity contribution >= 4 is 33.0 Å². The van der Waals surface area contributed by atoms with Gasteiger partial charge in [0.05, 0.1) is 10.4 Å². The van der Waals surface area contributed by atoms with Crippen molar-refractivity contribution in [3.05, 3.63) is 34.2 Å². The van der Waals surface area contributed by atoms with Crippen molar-refractivity contribution in [2.24, 2.45) is 0 Å². The summed E-state index contributed by atoms with van der Waals surface area (Å²) in [6, 6.07) is 6.23. The van der Waals surface area contributed by atoms with Crippen molar-refractivity contribution in [1.29, 1.82) is 0 Å². The van der Waals surface area contributed by atoms with Gasteiger partial charge in [-0.1, -0.05) is 23.7 Å². The van der Waals surface area contributed by atoms with Crippen LogP contribution in [0.3, 0.4) is 0 Å². The van der Waals surface area contributed by atoms with Gasteiger partial charge in [-0.15, -0.1) is 11.3 Å². The van der Waals surface area contributed by atoms with Crippen LogP contribution in [0, 0.1) is 12.3 Å². The van der Waals surface area contributed by atoms with Gasteiger partial charge < -0.3 is 0 Å². The molecule has 0 N–H and O–H groups in total. The average molecular weight is 182 g/mol. The van der Waals surface area contributed by atoms with E-state index in [-0.39, 0.29) is 0 Å². The van der Waals surface area contributed by atoms with Crippen molar-refractivity contribution in [3.63, 3.8) is 0 Å². The number of rotatable bonds is 0. The molecule has 2 rings (SSSR count). The third-order valence-electron chi connectivity index (χ3n) is 1.62. The number of hydrogen-bond donors (Lipinski definition) is 0. The van der Waals surface area contributed by atoms with Crippen molar-refractivity contribution < 1.29 is 0 Å². The highest BCUT2D eigenvalue weighted by Gasteiger charge is 2.00. The van der Waals surface area contributed by atoms with Crippen LogP contribution in [-0.4, -0.2) is 0 Å². The lowest BCUT2D eigenvalue weighted by atomic mass is 10.2. The van der Waals surface area contributed by atoms with E-state index in [1.165, 1.54) is 10.3 Å². The zero-order valence-corrected chi connectivity index (χ0v) is 7.59. The highest BCUT2D eigenvalue weighted by atomic mass is 35.5. The summed E-state index contributed by atoms with van der Waals surface area (Å²) < 4.78 is 1.22. The summed E-state index contributed by atoms with van der Waals surface area (Å²) in [5, 5.41) is 4.86. The molecule has 0 saturated heterocycles. The quantitative estimate of drug-likeness (QED) is 0.582. The van der Waals surface area contributed by atoms with Crippen LogP contribution in [0.5, 0.6) is 0 Å². The zero-order chi connectivity index (χ0) is 7.84. The first kappa shape index (κ1) is 7.14. The maximum Gasteiger partial charge on any atom is 0.0679 e. The second kappa shape index (κ2) is 2.50. The molecule has 55 valence electrons. The molecule has 0 fully saturated rings. The zero-order valence-electron chi connectivity index (χ0n) is 6.02. The van der Waals surface area contributed by atoms with Gasteiger partial charge >= 0.3 is 0 Å². The Labute approximate surface area is 74.4 Å². The first-order valence-corrected chi connectivity index (χ1v) is 4.53. The van der Waals surface area contributed by atoms with Gasteiger partial charge in [0.2, 0.25) is 0 Å². The molecule has 0 amide bonds. The van der Waals surface area contributed by atoms with Crippen LogP contribution in [0.4, 0.5) is 0 Å². The minimum atomic E-state index is 0.741. The number of aryl methyl sites for hydroxylation is 1. The van der Waals surface area contributed by atoms with Crippen LogP contribution in [0.1, 0.15) is 5.56 Å². The third-order valence-corrected chi connectivity index (χ3v) is 2.90. The van der Waals surface area contributed by atoms with Crippen LogP contribution in [0.25, 0.3) is 10.1 Å². The van der Waals surface area contributed by atoms with Crippen LogP contribution < -0.4 is 0 Å². The standard InChI is InChI=1S/C9H6ClS/c1-6-2-3-7-8(10)5-11-9(7)4-6/h2-4H,1H3. The van der Waals surface area contributed by atoms with Crippen LogP contribution >= 0.6 is 22.9 Å². The van der Waals surface area contributed by atoms with Crippen LogP contribution in [0.2, 0.25) is 5.02 Å². The molecule has 11 heavy (non-hydrogen) atoms. The lowest BCUT2D eigenvalue weighted by molar-refractivity contribution is 1.52. The number of benzene rings is 1. The highest BCUT2D eigenvalue weighted by Crippen LogP contribution is 2.29. The molecule has 0 spiro atoms. The van der Waals surface area contributed by atoms with Gasteiger partial charge in [-0.25, -0.2) is 0 Å². The minimum absolute atomic E-state index is 0.741. The SMILES string of the molecule is Cc1ccc2c(Cl)[c]sc2c1. The van der Waals surface area contributed by atoms with E-state index in [4.69, 9.17) is 11.6 Å². The Hall–Kier alpha value is -0.530. The largest absolute Gasteiger partial charge is 0.133 e. The fraction of sp³-hybridized carbons (Fsp3) is 0.111. The molecule has 0 unspecified atom stereocenters. The molecular weight excluding hydrogens is 176 g/mol. The fourth-order valence-electron chi connectivity index (χ4n) is 1.05. The van der Waals surface area contributed by atoms with E-state index >= 15 is 0 Å². The summed E-state index contributed by atoms with van der Waals surface area (Å²) in [5.74, 6) is 0. The lowest BCUT2D eigenvalue weighted by Crippen LogP contribution is -1.68. The number of fused-ring (bicyclic) bond motifs is 1. The molecule has 0 nitrogen and oxygen atoms in total. The summed E-state index contributed by atoms with van der Waals surface area (Å²) in [4.78, 5) is 0. The molecule has 0 bridgehead atoms. The Morgan fingerprint density at radius 3 is 3.09 bits per heavy atom. The highest BCUT2D eigenvalue weighted by molar-refractivity contribution is 7.17. The molecule has 0 aliphatic rings. The molecule has 2 aromatic rings. The van der Waals surface area contributed by atoms with Gasteiger partial charge in [-0.2, -0.15) is 0 Å². The van der Waals surface area contributed by atoms with E-state index in [1.807, 2.05) is 6.07 Å². The molecule has 0 aliphatic heterocycles. The Morgan fingerprint density at radius 2 is 2.27 bits per heavy atom. The van der Waals surface area contributed by atoms with Gasteiger partial charge in [-0.05, 0) is 18.6 Å². The molecule has 0 atom stereocenters. The summed E-state index contributed by atoms with van der Waals surface area (Å²) >= 11 is 7.45. The molecular formula is C9H6ClS. The van der Waals surface area contributed by atoms with Gasteiger partial charge in [-0.3, -0.25) is 0 Å². The Kier molecular flexibility index (Phi) is 1.63. The van der Waals surface area contributed by atoms with E-state index in [0.29, 0.717) is 0 Å². The first-order chi connectivity index (χ1) is 5.27. The average Bonchev–Trinajstić information content (AvgIpc) is 2.32. The summed E-state index contributed by atoms with van der Waals surface area (Å²) in [6.07, 6.45) is 0. The summed E-state index contributed by atoms with van der Waals surface area (Å²) in [5.41, 5.74) is 1.27. The number of hydrogen-bond acceptors (Lipinski definition) is 1. The molecule has 1 heterocycles. The van der Waals surface area contributed by atoms with Gasteiger partial charge in [0.25, 0.3) is 0 Å². The molecule has 0 aliphatic carbocycles. The maximum absolute atomic E-state index is 5.88. The van der Waals surface area contributed by atoms with E-state index in [2.05, 4.69) is 24.4 Å². The van der Waals surface area contributed by atoms with Gasteiger partial charge in [0.15, 0.2) is 0 Å².